The van der Waals surface area contributed by atoms with Crippen LogP contribution in [0.3, 0.4) is 0 Å². The second kappa shape index (κ2) is 6.44. The smallest absolute Gasteiger partial charge is 0.224 e. The molecule has 1 heterocycles. The van der Waals surface area contributed by atoms with Crippen molar-refractivity contribution in [2.45, 2.75) is 12.8 Å². The van der Waals surface area contributed by atoms with Gasteiger partial charge in [0, 0.05) is 35.8 Å². The average molecular weight is 310 g/mol. The summed E-state index contributed by atoms with van der Waals surface area (Å²) in [6.45, 7) is 0. The minimum Gasteiger partial charge on any atom is -0.361 e. The highest BCUT2D eigenvalue weighted by Crippen LogP contribution is 2.18. The van der Waals surface area contributed by atoms with E-state index < -0.39 is 0 Å². The first-order valence-corrected chi connectivity index (χ1v) is 7.27. The molecule has 3 rings (SSSR count). The van der Waals surface area contributed by atoms with Crippen LogP contribution >= 0.6 is 0 Å². The molecular weight excluding hydrogens is 295 g/mol. The van der Waals surface area contributed by atoms with Crippen molar-refractivity contribution in [3.63, 3.8) is 0 Å². The highest BCUT2D eigenvalue weighted by molar-refractivity contribution is 6.00. The zero-order valence-corrected chi connectivity index (χ0v) is 12.3. The van der Waals surface area contributed by atoms with E-state index in [9.17, 15) is 14.0 Å². The Morgan fingerprint density at radius 1 is 1.00 bits per heavy atom. The number of carbonyl (C=O) groups is 2. The zero-order chi connectivity index (χ0) is 16.2. The Balaban J connectivity index is 1.56. The normalized spacial score (nSPS) is 10.7. The van der Waals surface area contributed by atoms with Crippen LogP contribution in [0.4, 0.5) is 10.1 Å². The van der Waals surface area contributed by atoms with Gasteiger partial charge in [-0.3, -0.25) is 9.59 Å². The van der Waals surface area contributed by atoms with Crippen molar-refractivity contribution in [3.05, 3.63) is 66.1 Å². The first kappa shape index (κ1) is 15.0. The van der Waals surface area contributed by atoms with Gasteiger partial charge >= 0.3 is 0 Å². The molecule has 0 aliphatic rings. The fourth-order valence-electron chi connectivity index (χ4n) is 2.36. The lowest BCUT2D eigenvalue weighted by atomic mass is 10.1. The fourth-order valence-corrected chi connectivity index (χ4v) is 2.36. The minimum absolute atomic E-state index is 0.0823. The summed E-state index contributed by atoms with van der Waals surface area (Å²) in [5.74, 6) is -0.801. The first-order chi connectivity index (χ1) is 11.1. The maximum atomic E-state index is 12.8. The van der Waals surface area contributed by atoms with E-state index in [1.165, 1.54) is 24.3 Å². The maximum Gasteiger partial charge on any atom is 0.224 e. The largest absolute Gasteiger partial charge is 0.361 e. The Kier molecular flexibility index (Phi) is 4.19. The van der Waals surface area contributed by atoms with Gasteiger partial charge in [0.05, 0.1) is 0 Å². The minimum atomic E-state index is -0.390. The number of Topliss-reactive ketones (excluding diaryl/α,β-unsaturated/α-hetero) is 1. The van der Waals surface area contributed by atoms with Gasteiger partial charge in [-0.1, -0.05) is 6.07 Å². The Bertz CT molecular complexity index is 853. The highest BCUT2D eigenvalue weighted by Gasteiger charge is 2.10. The van der Waals surface area contributed by atoms with E-state index in [0.717, 1.165) is 10.9 Å². The number of carbonyl (C=O) groups excluding carboxylic acids is 2. The van der Waals surface area contributed by atoms with E-state index in [1.807, 2.05) is 30.5 Å². The summed E-state index contributed by atoms with van der Waals surface area (Å²) < 4.78 is 12.8. The summed E-state index contributed by atoms with van der Waals surface area (Å²) in [4.78, 5) is 27.0. The summed E-state index contributed by atoms with van der Waals surface area (Å²) >= 11 is 0. The Hall–Kier alpha value is -2.95. The van der Waals surface area contributed by atoms with E-state index in [4.69, 9.17) is 0 Å². The van der Waals surface area contributed by atoms with Crippen molar-refractivity contribution in [2.24, 2.45) is 0 Å². The van der Waals surface area contributed by atoms with Gasteiger partial charge in [-0.2, -0.15) is 0 Å². The number of anilines is 1. The molecule has 4 nitrogen and oxygen atoms in total. The SMILES string of the molecule is O=C(CCC(=O)c1ccc(F)cc1)Nc1ccc2cc[nH]c2c1. The van der Waals surface area contributed by atoms with Crippen molar-refractivity contribution in [2.75, 3.05) is 5.32 Å². The number of nitrogens with one attached hydrogen (secondary N) is 2. The van der Waals surface area contributed by atoms with Gasteiger partial charge in [-0.05, 0) is 47.9 Å². The molecule has 0 saturated carbocycles. The Labute approximate surface area is 132 Å². The van der Waals surface area contributed by atoms with Gasteiger partial charge in [0.25, 0.3) is 0 Å². The van der Waals surface area contributed by atoms with Gasteiger partial charge in [-0.25, -0.2) is 4.39 Å². The number of rotatable bonds is 5. The average Bonchev–Trinajstić information content (AvgIpc) is 3.01. The van der Waals surface area contributed by atoms with Crippen LogP contribution in [0.25, 0.3) is 10.9 Å². The molecule has 0 atom stereocenters. The summed E-state index contributed by atoms with van der Waals surface area (Å²) in [7, 11) is 0. The lowest BCUT2D eigenvalue weighted by molar-refractivity contribution is -0.116. The molecule has 5 heteroatoms. The van der Waals surface area contributed by atoms with Crippen LogP contribution in [0.15, 0.2) is 54.7 Å². The van der Waals surface area contributed by atoms with E-state index in [1.54, 1.807) is 0 Å². The van der Waals surface area contributed by atoms with Crippen LogP contribution in [0.1, 0.15) is 23.2 Å². The molecule has 23 heavy (non-hydrogen) atoms. The molecular formula is C18H15FN2O2. The Morgan fingerprint density at radius 2 is 1.78 bits per heavy atom. The number of fused-ring (bicyclic) bond motifs is 1. The molecule has 0 spiro atoms. The molecule has 2 aromatic carbocycles. The number of ketones is 1. The van der Waals surface area contributed by atoms with E-state index in [0.29, 0.717) is 11.3 Å². The van der Waals surface area contributed by atoms with Crippen LogP contribution in [0, 0.1) is 5.82 Å². The topological polar surface area (TPSA) is 62.0 Å². The first-order valence-electron chi connectivity index (χ1n) is 7.27. The second-order valence-corrected chi connectivity index (χ2v) is 5.26. The number of hydrogen-bond acceptors (Lipinski definition) is 2. The standard InChI is InChI=1S/C18H15FN2O2/c19-14-4-1-13(2-5-14)17(22)7-8-18(23)21-15-6-3-12-9-10-20-16(12)11-15/h1-6,9-11,20H,7-8H2,(H,21,23). The Morgan fingerprint density at radius 3 is 2.57 bits per heavy atom. The number of aromatic amines is 1. The van der Waals surface area contributed by atoms with Gasteiger partial charge in [0.1, 0.15) is 5.82 Å². The molecule has 0 unspecified atom stereocenters. The van der Waals surface area contributed by atoms with Gasteiger partial charge < -0.3 is 10.3 Å². The van der Waals surface area contributed by atoms with Gasteiger partial charge in [0.2, 0.25) is 5.91 Å². The van der Waals surface area contributed by atoms with Crippen molar-refractivity contribution < 1.29 is 14.0 Å². The van der Waals surface area contributed by atoms with Crippen LogP contribution in [0.2, 0.25) is 0 Å². The molecule has 2 N–H and O–H groups in total. The highest BCUT2D eigenvalue weighted by atomic mass is 19.1. The quantitative estimate of drug-likeness (QED) is 0.702. The van der Waals surface area contributed by atoms with Crippen molar-refractivity contribution in [1.29, 1.82) is 0 Å². The van der Waals surface area contributed by atoms with Crippen molar-refractivity contribution in [3.8, 4) is 0 Å². The molecule has 0 aliphatic carbocycles. The molecule has 1 aromatic heterocycles. The molecule has 116 valence electrons. The van der Waals surface area contributed by atoms with Crippen molar-refractivity contribution in [1.82, 2.24) is 4.98 Å². The maximum absolute atomic E-state index is 12.8. The molecule has 0 saturated heterocycles. The second-order valence-electron chi connectivity index (χ2n) is 5.26. The van der Waals surface area contributed by atoms with Crippen molar-refractivity contribution >= 4 is 28.3 Å². The summed E-state index contributed by atoms with van der Waals surface area (Å²) in [5.41, 5.74) is 2.02. The number of halogens is 1. The molecule has 0 bridgehead atoms. The number of hydrogen-bond donors (Lipinski definition) is 2. The van der Waals surface area contributed by atoms with E-state index in [2.05, 4.69) is 10.3 Å². The summed E-state index contributed by atoms with van der Waals surface area (Å²) in [6, 6.07) is 12.8. The van der Waals surface area contributed by atoms with Gasteiger partial charge in [0.15, 0.2) is 5.78 Å². The number of H-pyrrole nitrogens is 1. The fraction of sp³-hybridized carbons (Fsp3) is 0.111. The van der Waals surface area contributed by atoms with E-state index in [-0.39, 0.29) is 30.3 Å². The van der Waals surface area contributed by atoms with Gasteiger partial charge in [-0.15, -0.1) is 0 Å². The lowest BCUT2D eigenvalue weighted by Gasteiger charge is -2.05. The third kappa shape index (κ3) is 3.63. The number of amides is 1. The predicted molar refractivity (Wildman–Crippen MR) is 86.9 cm³/mol. The molecule has 0 aliphatic heterocycles. The van der Waals surface area contributed by atoms with Crippen LogP contribution < -0.4 is 5.32 Å². The molecule has 3 aromatic rings. The van der Waals surface area contributed by atoms with E-state index >= 15 is 0 Å². The van der Waals surface area contributed by atoms with Crippen LogP contribution in [-0.4, -0.2) is 16.7 Å². The molecule has 0 fully saturated rings. The van der Waals surface area contributed by atoms with Crippen LogP contribution in [-0.2, 0) is 4.79 Å². The monoisotopic (exact) mass is 310 g/mol. The predicted octanol–water partition coefficient (Wildman–Crippen LogP) is 3.91. The number of aromatic nitrogens is 1. The lowest BCUT2D eigenvalue weighted by Crippen LogP contribution is -2.13. The zero-order valence-electron chi connectivity index (χ0n) is 12.3. The molecule has 0 radical (unpaired) electrons. The third-order valence-electron chi connectivity index (χ3n) is 3.58. The third-order valence-corrected chi connectivity index (χ3v) is 3.58. The molecule has 1 amide bonds. The van der Waals surface area contributed by atoms with Crippen LogP contribution in [0.5, 0.6) is 0 Å². The summed E-state index contributed by atoms with van der Waals surface area (Å²) in [6.07, 6.45) is 2.00. The summed E-state index contributed by atoms with van der Waals surface area (Å²) in [5, 5.41) is 3.83. The number of benzene rings is 2.